The lowest BCUT2D eigenvalue weighted by Crippen LogP contribution is -2.51. The minimum Gasteiger partial charge on any atom is -0.480 e. The van der Waals surface area contributed by atoms with Gasteiger partial charge in [-0.25, -0.2) is 0 Å². The second kappa shape index (κ2) is 7.22. The maximum Gasteiger partial charge on any atom is 0.323 e. The summed E-state index contributed by atoms with van der Waals surface area (Å²) in [6.07, 6.45) is 3.16. The summed E-state index contributed by atoms with van der Waals surface area (Å²) in [5.41, 5.74) is -0.815. The number of carboxylic acids is 1. The molecule has 1 saturated heterocycles. The normalized spacial score (nSPS) is 23.7. The largest absolute Gasteiger partial charge is 0.480 e. The van der Waals surface area contributed by atoms with Gasteiger partial charge in [0.2, 0.25) is 0 Å². The summed E-state index contributed by atoms with van der Waals surface area (Å²) < 4.78 is 0. The molecule has 0 bridgehead atoms. The Kier molecular flexibility index (Phi) is 6.23. The van der Waals surface area contributed by atoms with Gasteiger partial charge in [0.15, 0.2) is 0 Å². The summed E-state index contributed by atoms with van der Waals surface area (Å²) in [7, 11) is 4.26. The highest BCUT2D eigenvalue weighted by atomic mass is 16.4. The van der Waals surface area contributed by atoms with Crippen LogP contribution in [0.2, 0.25) is 0 Å². The number of likely N-dealkylation sites (tertiary alicyclic amines) is 1. The fourth-order valence-electron chi connectivity index (χ4n) is 2.74. The number of carboxylic acid groups (broad SMARTS) is 1. The van der Waals surface area contributed by atoms with E-state index in [0.29, 0.717) is 19.0 Å². The van der Waals surface area contributed by atoms with Crippen molar-refractivity contribution in [3.05, 3.63) is 0 Å². The molecule has 5 nitrogen and oxygen atoms in total. The maximum absolute atomic E-state index is 11.3. The number of carbonyl (C=O) groups is 1. The molecular formula is C14H29N3O2. The van der Waals surface area contributed by atoms with Crippen LogP contribution in [0.25, 0.3) is 0 Å². The highest BCUT2D eigenvalue weighted by Gasteiger charge is 2.32. The standard InChI is InChI=1S/C14H29N3O2/c1-5-15-14(2,13(18)19)8-10-16(3)11-12-7-6-9-17(12)4/h12,15H,5-11H2,1-4H3,(H,18,19). The second-order valence-electron chi connectivity index (χ2n) is 5.96. The Morgan fingerprint density at radius 2 is 2.26 bits per heavy atom. The van der Waals surface area contributed by atoms with Gasteiger partial charge in [0, 0.05) is 19.1 Å². The predicted octanol–water partition coefficient (Wildman–Crippen LogP) is 0.855. The first-order chi connectivity index (χ1) is 8.89. The van der Waals surface area contributed by atoms with Gasteiger partial charge in [0.25, 0.3) is 0 Å². The van der Waals surface area contributed by atoms with Crippen LogP contribution in [-0.2, 0) is 4.79 Å². The summed E-state index contributed by atoms with van der Waals surface area (Å²) in [4.78, 5) is 16.0. The Hall–Kier alpha value is -0.650. The SMILES string of the molecule is CCNC(C)(CCN(C)CC1CCCN1C)C(=O)O. The molecule has 0 radical (unpaired) electrons. The number of nitrogens with one attached hydrogen (secondary N) is 1. The summed E-state index contributed by atoms with van der Waals surface area (Å²) >= 11 is 0. The van der Waals surface area contributed by atoms with Crippen LogP contribution in [0.5, 0.6) is 0 Å². The molecule has 1 fully saturated rings. The van der Waals surface area contributed by atoms with Crippen molar-refractivity contribution < 1.29 is 9.90 Å². The van der Waals surface area contributed by atoms with Crippen LogP contribution in [0.4, 0.5) is 0 Å². The lowest BCUT2D eigenvalue weighted by atomic mass is 9.97. The van der Waals surface area contributed by atoms with Crippen LogP contribution in [0.15, 0.2) is 0 Å². The molecule has 1 rings (SSSR count). The van der Waals surface area contributed by atoms with Gasteiger partial charge in [-0.1, -0.05) is 6.92 Å². The molecule has 19 heavy (non-hydrogen) atoms. The van der Waals surface area contributed by atoms with Crippen molar-refractivity contribution in [2.45, 2.75) is 44.7 Å². The molecule has 0 amide bonds. The number of rotatable bonds is 8. The summed E-state index contributed by atoms with van der Waals surface area (Å²) in [6.45, 7) is 7.41. The molecule has 5 heteroatoms. The third kappa shape index (κ3) is 4.75. The fraction of sp³-hybridized carbons (Fsp3) is 0.929. The smallest absolute Gasteiger partial charge is 0.323 e. The number of hydrogen-bond donors (Lipinski definition) is 2. The van der Waals surface area contributed by atoms with Crippen LogP contribution in [-0.4, -0.2) is 72.7 Å². The Labute approximate surface area is 117 Å². The van der Waals surface area contributed by atoms with Crippen LogP contribution in [0.3, 0.4) is 0 Å². The molecule has 0 aromatic rings. The minimum atomic E-state index is -0.815. The number of nitrogens with zero attached hydrogens (tertiary/aromatic N) is 2. The van der Waals surface area contributed by atoms with Gasteiger partial charge in [0.1, 0.15) is 5.54 Å². The average Bonchev–Trinajstić information content (AvgIpc) is 2.73. The number of aliphatic carboxylic acids is 1. The Morgan fingerprint density at radius 1 is 1.58 bits per heavy atom. The van der Waals surface area contributed by atoms with E-state index in [1.54, 1.807) is 6.92 Å². The average molecular weight is 271 g/mol. The molecule has 0 saturated carbocycles. The van der Waals surface area contributed by atoms with Gasteiger partial charge < -0.3 is 20.2 Å². The van der Waals surface area contributed by atoms with E-state index < -0.39 is 11.5 Å². The van der Waals surface area contributed by atoms with Crippen molar-refractivity contribution in [1.82, 2.24) is 15.1 Å². The summed E-state index contributed by atoms with van der Waals surface area (Å²) in [5.74, 6) is -0.763. The minimum absolute atomic E-state index is 0.625. The van der Waals surface area contributed by atoms with E-state index in [2.05, 4.69) is 29.2 Å². The molecule has 1 heterocycles. The van der Waals surface area contributed by atoms with E-state index in [-0.39, 0.29) is 0 Å². The molecule has 1 aliphatic heterocycles. The number of hydrogen-bond acceptors (Lipinski definition) is 4. The van der Waals surface area contributed by atoms with Crippen molar-refractivity contribution in [3.8, 4) is 0 Å². The van der Waals surface area contributed by atoms with E-state index in [9.17, 15) is 9.90 Å². The Morgan fingerprint density at radius 3 is 2.74 bits per heavy atom. The molecule has 1 aliphatic rings. The van der Waals surface area contributed by atoms with Gasteiger partial charge in [-0.05, 0) is 53.4 Å². The maximum atomic E-state index is 11.3. The zero-order valence-electron chi connectivity index (χ0n) is 12.8. The van der Waals surface area contributed by atoms with E-state index in [1.807, 2.05) is 6.92 Å². The highest BCUT2D eigenvalue weighted by Crippen LogP contribution is 2.16. The third-order valence-electron chi connectivity index (χ3n) is 4.23. The third-order valence-corrected chi connectivity index (χ3v) is 4.23. The van der Waals surface area contributed by atoms with E-state index >= 15 is 0 Å². The molecule has 2 N–H and O–H groups in total. The molecule has 0 spiro atoms. The highest BCUT2D eigenvalue weighted by molar-refractivity contribution is 5.78. The molecular weight excluding hydrogens is 242 g/mol. The molecule has 0 aromatic carbocycles. The van der Waals surface area contributed by atoms with Crippen molar-refractivity contribution >= 4 is 5.97 Å². The van der Waals surface area contributed by atoms with Crippen LogP contribution < -0.4 is 5.32 Å². The van der Waals surface area contributed by atoms with Gasteiger partial charge in [-0.3, -0.25) is 4.79 Å². The fourth-order valence-corrected chi connectivity index (χ4v) is 2.74. The molecule has 2 unspecified atom stereocenters. The van der Waals surface area contributed by atoms with E-state index in [4.69, 9.17) is 0 Å². The van der Waals surface area contributed by atoms with Crippen molar-refractivity contribution in [3.63, 3.8) is 0 Å². The van der Waals surface area contributed by atoms with Gasteiger partial charge in [-0.15, -0.1) is 0 Å². The van der Waals surface area contributed by atoms with Crippen LogP contribution in [0.1, 0.15) is 33.1 Å². The van der Waals surface area contributed by atoms with Crippen molar-refractivity contribution in [1.29, 1.82) is 0 Å². The Bertz CT molecular complexity index is 298. The lowest BCUT2D eigenvalue weighted by Gasteiger charge is -2.30. The van der Waals surface area contributed by atoms with Crippen LogP contribution >= 0.6 is 0 Å². The first kappa shape index (κ1) is 16.4. The van der Waals surface area contributed by atoms with Crippen molar-refractivity contribution in [2.75, 3.05) is 40.3 Å². The molecule has 2 atom stereocenters. The Balaban J connectivity index is 2.39. The quantitative estimate of drug-likeness (QED) is 0.685. The van der Waals surface area contributed by atoms with Gasteiger partial charge >= 0.3 is 5.97 Å². The first-order valence-corrected chi connectivity index (χ1v) is 7.26. The van der Waals surface area contributed by atoms with Gasteiger partial charge in [-0.2, -0.15) is 0 Å². The summed E-state index contributed by atoms with van der Waals surface area (Å²) in [5, 5.41) is 12.4. The van der Waals surface area contributed by atoms with E-state index in [0.717, 1.165) is 13.1 Å². The first-order valence-electron chi connectivity index (χ1n) is 7.26. The monoisotopic (exact) mass is 271 g/mol. The summed E-state index contributed by atoms with van der Waals surface area (Å²) in [6, 6.07) is 0.625. The molecule has 0 aromatic heterocycles. The number of likely N-dealkylation sites (N-methyl/N-ethyl adjacent to an activating group) is 3. The zero-order valence-corrected chi connectivity index (χ0v) is 12.8. The van der Waals surface area contributed by atoms with Crippen LogP contribution in [0, 0.1) is 0 Å². The lowest BCUT2D eigenvalue weighted by molar-refractivity contribution is -0.144. The topological polar surface area (TPSA) is 55.8 Å². The van der Waals surface area contributed by atoms with E-state index in [1.165, 1.54) is 19.4 Å². The molecule has 0 aliphatic carbocycles. The predicted molar refractivity (Wildman–Crippen MR) is 77.5 cm³/mol. The molecule has 112 valence electrons. The second-order valence-corrected chi connectivity index (χ2v) is 5.96. The van der Waals surface area contributed by atoms with Gasteiger partial charge in [0.05, 0.1) is 0 Å². The zero-order chi connectivity index (χ0) is 14.5. The van der Waals surface area contributed by atoms with Crippen molar-refractivity contribution in [2.24, 2.45) is 0 Å².